The second-order valence-electron chi connectivity index (χ2n) is 6.82. The molecule has 1 heterocycles. The minimum atomic E-state index is -0.882. The predicted molar refractivity (Wildman–Crippen MR) is 110 cm³/mol. The fourth-order valence-corrected chi connectivity index (χ4v) is 3.65. The Kier molecular flexibility index (Phi) is 7.10. The van der Waals surface area contributed by atoms with Gasteiger partial charge >= 0.3 is 5.97 Å². The van der Waals surface area contributed by atoms with E-state index >= 15 is 0 Å². The van der Waals surface area contributed by atoms with Gasteiger partial charge in [-0.25, -0.2) is 4.79 Å². The van der Waals surface area contributed by atoms with Crippen molar-refractivity contribution in [3.05, 3.63) is 64.7 Å². The van der Waals surface area contributed by atoms with Crippen molar-refractivity contribution in [3.8, 4) is 0 Å². The molecule has 144 valence electrons. The molecule has 1 fully saturated rings. The number of piperazine rings is 1. The number of benzene rings is 2. The molecule has 5 nitrogen and oxygen atoms in total. The number of carbonyl (C=O) groups is 1. The minimum Gasteiger partial charge on any atom is -0.478 e. The van der Waals surface area contributed by atoms with E-state index in [0.29, 0.717) is 12.1 Å². The summed E-state index contributed by atoms with van der Waals surface area (Å²) < 4.78 is 0. The molecule has 1 saturated heterocycles. The Balaban J connectivity index is 1.33. The molecule has 0 amide bonds. The highest BCUT2D eigenvalue weighted by atomic mass is 35.5. The Bertz CT molecular complexity index is 761. The SMILES string of the molecule is O=C(O)c1cccc(CNCCCN2CCN(c3ccccc3Cl)CC2)c1. The quantitative estimate of drug-likeness (QED) is 0.680. The molecule has 0 aromatic heterocycles. The molecule has 27 heavy (non-hydrogen) atoms. The number of carboxylic acids is 1. The number of nitrogens with zero attached hydrogens (tertiary/aromatic N) is 2. The van der Waals surface area contributed by atoms with Gasteiger partial charge in [-0.05, 0) is 49.3 Å². The van der Waals surface area contributed by atoms with E-state index in [1.807, 2.05) is 24.3 Å². The standard InChI is InChI=1S/C21H26ClN3O2/c22-19-7-1-2-8-20(19)25-13-11-24(12-14-25)10-4-9-23-16-17-5-3-6-18(15-17)21(26)27/h1-3,5-8,15,23H,4,9-14,16H2,(H,26,27). The molecule has 0 bridgehead atoms. The molecule has 2 aromatic carbocycles. The van der Waals surface area contributed by atoms with Gasteiger partial charge in [-0.2, -0.15) is 0 Å². The van der Waals surface area contributed by atoms with Crippen LogP contribution in [0.2, 0.25) is 5.02 Å². The van der Waals surface area contributed by atoms with Gasteiger partial charge in [0.05, 0.1) is 16.3 Å². The molecule has 0 saturated carbocycles. The van der Waals surface area contributed by atoms with Gasteiger partial charge in [0.15, 0.2) is 0 Å². The Morgan fingerprint density at radius 2 is 1.85 bits per heavy atom. The van der Waals surface area contributed by atoms with Crippen molar-refractivity contribution >= 4 is 23.3 Å². The number of aromatic carboxylic acids is 1. The Hall–Kier alpha value is -2.08. The van der Waals surface area contributed by atoms with E-state index < -0.39 is 5.97 Å². The summed E-state index contributed by atoms with van der Waals surface area (Å²) >= 11 is 6.29. The van der Waals surface area contributed by atoms with Crippen LogP contribution in [0.15, 0.2) is 48.5 Å². The van der Waals surface area contributed by atoms with Gasteiger partial charge in [-0.1, -0.05) is 35.9 Å². The van der Waals surface area contributed by atoms with E-state index in [1.165, 1.54) is 0 Å². The Morgan fingerprint density at radius 3 is 2.59 bits per heavy atom. The van der Waals surface area contributed by atoms with Crippen molar-refractivity contribution in [2.24, 2.45) is 0 Å². The number of anilines is 1. The molecule has 1 aliphatic rings. The lowest BCUT2D eigenvalue weighted by Gasteiger charge is -2.36. The van der Waals surface area contributed by atoms with Crippen LogP contribution in [0, 0.1) is 0 Å². The second-order valence-corrected chi connectivity index (χ2v) is 7.22. The molecule has 3 rings (SSSR count). The third kappa shape index (κ3) is 5.70. The van der Waals surface area contributed by atoms with Crippen LogP contribution < -0.4 is 10.2 Å². The highest BCUT2D eigenvalue weighted by molar-refractivity contribution is 6.33. The number of rotatable bonds is 8. The van der Waals surface area contributed by atoms with Crippen LogP contribution in [0.1, 0.15) is 22.3 Å². The van der Waals surface area contributed by atoms with Crippen molar-refractivity contribution in [1.82, 2.24) is 10.2 Å². The lowest BCUT2D eigenvalue weighted by Crippen LogP contribution is -2.47. The first kappa shape index (κ1) is 19.7. The summed E-state index contributed by atoms with van der Waals surface area (Å²) in [5.74, 6) is -0.882. The fourth-order valence-electron chi connectivity index (χ4n) is 3.40. The molecule has 0 aliphatic carbocycles. The molecule has 2 aromatic rings. The average Bonchev–Trinajstić information content (AvgIpc) is 2.69. The van der Waals surface area contributed by atoms with E-state index in [2.05, 4.69) is 21.2 Å². The lowest BCUT2D eigenvalue weighted by atomic mass is 10.1. The molecule has 1 aliphatic heterocycles. The zero-order chi connectivity index (χ0) is 19.1. The molecular weight excluding hydrogens is 362 g/mol. The molecule has 0 spiro atoms. The van der Waals surface area contributed by atoms with Crippen molar-refractivity contribution in [3.63, 3.8) is 0 Å². The first-order chi connectivity index (χ1) is 13.1. The van der Waals surface area contributed by atoms with Gasteiger partial charge in [-0.15, -0.1) is 0 Å². The van der Waals surface area contributed by atoms with Crippen LogP contribution in [-0.4, -0.2) is 55.2 Å². The molecule has 0 atom stereocenters. The fraction of sp³-hybridized carbons (Fsp3) is 0.381. The van der Waals surface area contributed by atoms with Gasteiger partial charge in [0.1, 0.15) is 0 Å². The predicted octanol–water partition coefficient (Wildman–Crippen LogP) is 3.34. The van der Waals surface area contributed by atoms with E-state index in [9.17, 15) is 4.79 Å². The summed E-state index contributed by atoms with van der Waals surface area (Å²) in [6.07, 6.45) is 1.07. The number of carboxylic acid groups (broad SMARTS) is 1. The summed E-state index contributed by atoms with van der Waals surface area (Å²) in [5.41, 5.74) is 2.47. The zero-order valence-corrected chi connectivity index (χ0v) is 16.2. The number of para-hydroxylation sites is 1. The number of nitrogens with one attached hydrogen (secondary N) is 1. The van der Waals surface area contributed by atoms with Crippen molar-refractivity contribution in [1.29, 1.82) is 0 Å². The topological polar surface area (TPSA) is 55.8 Å². The van der Waals surface area contributed by atoms with E-state index in [1.54, 1.807) is 18.2 Å². The second kappa shape index (κ2) is 9.74. The Morgan fingerprint density at radius 1 is 1.07 bits per heavy atom. The van der Waals surface area contributed by atoms with Gasteiger partial charge in [0, 0.05) is 32.7 Å². The summed E-state index contributed by atoms with van der Waals surface area (Å²) in [4.78, 5) is 15.8. The monoisotopic (exact) mass is 387 g/mol. The lowest BCUT2D eigenvalue weighted by molar-refractivity contribution is 0.0696. The van der Waals surface area contributed by atoms with Crippen LogP contribution in [0.3, 0.4) is 0 Å². The molecular formula is C21H26ClN3O2. The maximum Gasteiger partial charge on any atom is 0.335 e. The van der Waals surface area contributed by atoms with Crippen LogP contribution in [0.4, 0.5) is 5.69 Å². The minimum absolute atomic E-state index is 0.339. The third-order valence-corrected chi connectivity index (χ3v) is 5.22. The van der Waals surface area contributed by atoms with Gasteiger partial charge < -0.3 is 15.3 Å². The molecule has 6 heteroatoms. The average molecular weight is 388 g/mol. The van der Waals surface area contributed by atoms with Crippen molar-refractivity contribution in [2.75, 3.05) is 44.2 Å². The van der Waals surface area contributed by atoms with Crippen LogP contribution in [0.5, 0.6) is 0 Å². The maximum absolute atomic E-state index is 11.0. The summed E-state index contributed by atoms with van der Waals surface area (Å²) in [6, 6.07) is 15.1. The summed E-state index contributed by atoms with van der Waals surface area (Å²) in [5, 5.41) is 13.3. The van der Waals surface area contributed by atoms with Gasteiger partial charge in [0.2, 0.25) is 0 Å². The van der Waals surface area contributed by atoms with E-state index in [4.69, 9.17) is 16.7 Å². The third-order valence-electron chi connectivity index (χ3n) is 4.90. The normalized spacial score (nSPS) is 15.1. The molecule has 2 N–H and O–H groups in total. The van der Waals surface area contributed by atoms with Gasteiger partial charge in [-0.3, -0.25) is 4.90 Å². The van der Waals surface area contributed by atoms with Crippen LogP contribution in [0.25, 0.3) is 0 Å². The van der Waals surface area contributed by atoms with Crippen molar-refractivity contribution in [2.45, 2.75) is 13.0 Å². The van der Waals surface area contributed by atoms with Gasteiger partial charge in [0.25, 0.3) is 0 Å². The number of hydrogen-bond acceptors (Lipinski definition) is 4. The first-order valence-electron chi connectivity index (χ1n) is 9.38. The summed E-state index contributed by atoms with van der Waals surface area (Å²) in [7, 11) is 0. The maximum atomic E-state index is 11.0. The summed E-state index contributed by atoms with van der Waals surface area (Å²) in [6.45, 7) is 6.78. The number of hydrogen-bond donors (Lipinski definition) is 2. The largest absolute Gasteiger partial charge is 0.478 e. The smallest absolute Gasteiger partial charge is 0.335 e. The van der Waals surface area contributed by atoms with E-state index in [0.717, 1.165) is 62.0 Å². The Labute approximate surface area is 165 Å². The highest BCUT2D eigenvalue weighted by Crippen LogP contribution is 2.25. The first-order valence-corrected chi connectivity index (χ1v) is 9.76. The number of halogens is 1. The molecule has 0 unspecified atom stereocenters. The van der Waals surface area contributed by atoms with Crippen LogP contribution >= 0.6 is 11.6 Å². The molecule has 0 radical (unpaired) electrons. The van der Waals surface area contributed by atoms with Crippen molar-refractivity contribution < 1.29 is 9.90 Å². The van der Waals surface area contributed by atoms with E-state index in [-0.39, 0.29) is 0 Å². The zero-order valence-electron chi connectivity index (χ0n) is 15.4. The highest BCUT2D eigenvalue weighted by Gasteiger charge is 2.18. The van der Waals surface area contributed by atoms with Crippen LogP contribution in [-0.2, 0) is 6.54 Å².